The number of nitrogens with one attached hydrogen (secondary N) is 2. The van der Waals surface area contributed by atoms with Crippen LogP contribution in [0.15, 0.2) is 78.9 Å². The molecule has 4 aliphatic rings. The lowest BCUT2D eigenvalue weighted by molar-refractivity contribution is -0.139. The molecule has 4 N–H and O–H groups in total. The minimum absolute atomic E-state index is 0.00370. The lowest BCUT2D eigenvalue weighted by atomic mass is 9.85. The fraction of sp³-hybridized carbons (Fsp3) is 0.347. The van der Waals surface area contributed by atoms with Gasteiger partial charge < -0.3 is 25.2 Å². The van der Waals surface area contributed by atoms with Crippen molar-refractivity contribution >= 4 is 90.7 Å². The van der Waals surface area contributed by atoms with Gasteiger partial charge in [-0.15, -0.1) is 11.3 Å². The number of amides is 4. The number of halogens is 1. The molecule has 19 heteroatoms. The molecule has 9 rings (SSSR count). The second-order valence-electron chi connectivity index (χ2n) is 18.3. The first-order chi connectivity index (χ1) is 32.4. The van der Waals surface area contributed by atoms with E-state index >= 15 is 0 Å². The highest BCUT2D eigenvalue weighted by atomic mass is 35.5. The summed E-state index contributed by atoms with van der Waals surface area (Å²) >= 11 is 7.41. The fourth-order valence-corrected chi connectivity index (χ4v) is 13.6. The van der Waals surface area contributed by atoms with Gasteiger partial charge in [0.05, 0.1) is 16.3 Å². The molecular formula is C49H48ClN5O11S2. The Labute approximate surface area is 400 Å². The number of hydrogen-bond donors (Lipinski definition) is 4. The Balaban J connectivity index is 0.826. The number of anilines is 2. The molecule has 0 radical (unpaired) electrons. The zero-order valence-electron chi connectivity index (χ0n) is 37.1. The Morgan fingerprint density at radius 3 is 2.40 bits per heavy atom. The highest BCUT2D eigenvalue weighted by Crippen LogP contribution is 2.47. The van der Waals surface area contributed by atoms with E-state index in [0.29, 0.717) is 77.3 Å². The summed E-state index contributed by atoms with van der Waals surface area (Å²) in [5, 5.41) is 26.4. The van der Waals surface area contributed by atoms with Crippen LogP contribution >= 0.6 is 22.9 Å². The number of ether oxygens (including phenoxy) is 1. The molecule has 1 aromatic heterocycles. The van der Waals surface area contributed by atoms with E-state index in [-0.39, 0.29) is 70.5 Å². The Morgan fingerprint density at radius 2 is 1.68 bits per heavy atom. The molecule has 0 spiro atoms. The van der Waals surface area contributed by atoms with Crippen LogP contribution in [0.2, 0.25) is 5.02 Å². The van der Waals surface area contributed by atoms with E-state index < -0.39 is 46.1 Å². The summed E-state index contributed by atoms with van der Waals surface area (Å²) in [5.41, 5.74) is 3.68. The van der Waals surface area contributed by atoms with E-state index in [4.69, 9.17) is 21.4 Å². The number of thiophene rings is 1. The lowest BCUT2D eigenvalue weighted by Crippen LogP contribution is -2.55. The number of carboxylic acids is 2. The standard InChI is InChI=1S/C49H48ClN5O11S2/c1-49(2)24-32(51-31-9-4-7-29(23-31)43-41(50)42(66-25-39(57)58)44(67-43)48(62)63)18-21-54(49)68(64,65)26-27-6-3-8-30(22-27)46(60)53-19-16-28(17-20-53)33-12-13-36-40-34(33)10-5-11-35(40)47(61)55(36)37-14-15-38(56)52-45(37)59/h3-13,22-23,28,32,37,51H,14-21,24-26H2,1-2H3,(H,57,58)(H,62,63)(H,52,56,59). The molecule has 68 heavy (non-hydrogen) atoms. The van der Waals surface area contributed by atoms with Gasteiger partial charge in [-0.1, -0.05) is 54.1 Å². The highest BCUT2D eigenvalue weighted by Gasteiger charge is 2.43. The van der Waals surface area contributed by atoms with E-state index in [1.165, 1.54) is 9.21 Å². The number of piperidine rings is 3. The van der Waals surface area contributed by atoms with Crippen LogP contribution in [0.5, 0.6) is 5.75 Å². The van der Waals surface area contributed by atoms with Crippen LogP contribution in [-0.4, -0.2) is 107 Å². The van der Waals surface area contributed by atoms with Crippen LogP contribution in [0.3, 0.4) is 0 Å². The summed E-state index contributed by atoms with van der Waals surface area (Å²) in [7, 11) is -3.84. The quantitative estimate of drug-likeness (QED) is 0.0851. The molecule has 0 aliphatic carbocycles. The predicted octanol–water partition coefficient (Wildman–Crippen LogP) is 7.35. The molecule has 4 amide bonds. The molecule has 2 unspecified atom stereocenters. The average molecular weight is 983 g/mol. The maximum atomic E-state index is 14.1. The third-order valence-electron chi connectivity index (χ3n) is 13.3. The van der Waals surface area contributed by atoms with Crippen LogP contribution < -0.4 is 20.3 Å². The molecule has 5 aromatic rings. The number of aromatic carboxylic acids is 1. The van der Waals surface area contributed by atoms with Gasteiger partial charge in [-0.3, -0.25) is 29.4 Å². The number of likely N-dealkylation sites (tertiary alicyclic amines) is 1. The number of hydrogen-bond acceptors (Lipinski definition) is 11. The maximum absolute atomic E-state index is 14.1. The third-order valence-corrected chi connectivity index (χ3v) is 17.0. The first kappa shape index (κ1) is 46.8. The van der Waals surface area contributed by atoms with Gasteiger partial charge in [-0.25, -0.2) is 18.0 Å². The zero-order valence-corrected chi connectivity index (χ0v) is 39.5. The van der Waals surface area contributed by atoms with Crippen molar-refractivity contribution in [3.05, 3.63) is 111 Å². The first-order valence-corrected chi connectivity index (χ1v) is 25.1. The second kappa shape index (κ2) is 18.3. The first-order valence-electron chi connectivity index (χ1n) is 22.3. The predicted molar refractivity (Wildman–Crippen MR) is 256 cm³/mol. The van der Waals surface area contributed by atoms with Crippen LogP contribution in [0.4, 0.5) is 11.4 Å². The lowest BCUT2D eigenvalue weighted by Gasteiger charge is -2.45. The van der Waals surface area contributed by atoms with Crippen molar-refractivity contribution < 1.29 is 52.1 Å². The fourth-order valence-electron chi connectivity index (χ4n) is 10.3. The summed E-state index contributed by atoms with van der Waals surface area (Å²) in [6.07, 6.45) is 2.74. The van der Waals surface area contributed by atoms with Gasteiger partial charge in [0, 0.05) is 59.8 Å². The monoisotopic (exact) mass is 981 g/mol. The van der Waals surface area contributed by atoms with E-state index in [9.17, 15) is 42.3 Å². The molecule has 4 aromatic carbocycles. The van der Waals surface area contributed by atoms with Crippen molar-refractivity contribution in [2.45, 2.75) is 81.7 Å². The summed E-state index contributed by atoms with van der Waals surface area (Å²) < 4.78 is 35.0. The number of sulfonamides is 1. The molecule has 354 valence electrons. The van der Waals surface area contributed by atoms with Crippen molar-refractivity contribution in [1.29, 1.82) is 0 Å². The van der Waals surface area contributed by atoms with Crippen molar-refractivity contribution in [2.24, 2.45) is 0 Å². The van der Waals surface area contributed by atoms with Crippen LogP contribution in [0.25, 0.3) is 21.2 Å². The van der Waals surface area contributed by atoms with Crippen LogP contribution in [0, 0.1) is 0 Å². The van der Waals surface area contributed by atoms with Gasteiger partial charge in [0.2, 0.25) is 21.8 Å². The molecular weight excluding hydrogens is 934 g/mol. The van der Waals surface area contributed by atoms with Gasteiger partial charge in [-0.05, 0) is 110 Å². The largest absolute Gasteiger partial charge is 0.479 e. The average Bonchev–Trinajstić information content (AvgIpc) is 3.78. The van der Waals surface area contributed by atoms with Crippen molar-refractivity contribution in [3.8, 4) is 16.2 Å². The normalized spacial score (nSPS) is 19.8. The molecule has 0 bridgehead atoms. The summed E-state index contributed by atoms with van der Waals surface area (Å²) in [6, 6.07) is 22.6. The van der Waals surface area contributed by atoms with E-state index in [0.717, 1.165) is 27.7 Å². The Morgan fingerprint density at radius 1 is 0.926 bits per heavy atom. The number of carboxylic acid groups (broad SMARTS) is 2. The smallest absolute Gasteiger partial charge is 0.349 e. The molecule has 0 saturated carbocycles. The zero-order chi connectivity index (χ0) is 48.2. The van der Waals surface area contributed by atoms with Gasteiger partial charge in [0.1, 0.15) is 11.1 Å². The van der Waals surface area contributed by atoms with Crippen LogP contribution in [0.1, 0.15) is 99.8 Å². The van der Waals surface area contributed by atoms with Gasteiger partial charge >= 0.3 is 11.9 Å². The van der Waals surface area contributed by atoms with E-state index in [1.54, 1.807) is 53.4 Å². The number of carbonyl (C=O) groups is 6. The second-order valence-corrected chi connectivity index (χ2v) is 21.5. The van der Waals surface area contributed by atoms with E-state index in [1.807, 2.05) is 44.2 Å². The van der Waals surface area contributed by atoms with Crippen molar-refractivity contribution in [2.75, 3.05) is 36.5 Å². The van der Waals surface area contributed by atoms with E-state index in [2.05, 4.69) is 10.6 Å². The van der Waals surface area contributed by atoms with Crippen molar-refractivity contribution in [1.82, 2.24) is 14.5 Å². The third kappa shape index (κ3) is 8.93. The maximum Gasteiger partial charge on any atom is 0.349 e. The van der Waals surface area contributed by atoms with Gasteiger partial charge in [-0.2, -0.15) is 4.31 Å². The molecule has 16 nitrogen and oxygen atoms in total. The number of benzene rings is 4. The summed E-state index contributed by atoms with van der Waals surface area (Å²) in [5.74, 6) is -4.23. The number of aliphatic carboxylic acids is 1. The Kier molecular flexibility index (Phi) is 12.6. The van der Waals surface area contributed by atoms with Gasteiger partial charge in [0.25, 0.3) is 11.8 Å². The summed E-state index contributed by atoms with van der Waals surface area (Å²) in [6.45, 7) is 4.23. The Bertz CT molecular complexity index is 3040. The SMILES string of the molecule is CC1(C)CC(Nc2cccc(-c3sc(C(=O)O)c(OCC(=O)O)c3Cl)c2)CCN1S(=O)(=O)Cc1cccc(C(=O)N2CCC(c3ccc4c5c(cccc35)C(=O)N4C3CCC(=O)NC3=O)CC2)c1. The Hall–Kier alpha value is -6.34. The van der Waals surface area contributed by atoms with Crippen molar-refractivity contribution in [3.63, 3.8) is 0 Å². The molecule has 2 atom stereocenters. The number of imide groups is 1. The number of rotatable bonds is 13. The molecule has 3 fully saturated rings. The van der Waals surface area contributed by atoms with Crippen LogP contribution in [-0.2, 0) is 30.2 Å². The highest BCUT2D eigenvalue weighted by molar-refractivity contribution is 7.88. The number of carbonyl (C=O) groups excluding carboxylic acids is 4. The van der Waals surface area contributed by atoms with Gasteiger partial charge in [0.15, 0.2) is 17.2 Å². The minimum atomic E-state index is -3.84. The molecule has 3 saturated heterocycles. The number of nitrogens with zero attached hydrogens (tertiary/aromatic N) is 3. The summed E-state index contributed by atoms with van der Waals surface area (Å²) in [4.78, 5) is 78.8. The topological polar surface area (TPSA) is 220 Å². The minimum Gasteiger partial charge on any atom is -0.479 e. The molecule has 4 aliphatic heterocycles. The molecule has 5 heterocycles.